The van der Waals surface area contributed by atoms with Crippen LogP contribution in [0.25, 0.3) is 0 Å². The maximum atomic E-state index is 11.9. The average Bonchev–Trinajstić information content (AvgIpc) is 2.73. The first-order valence-electron chi connectivity index (χ1n) is 5.54. The van der Waals surface area contributed by atoms with E-state index in [1.807, 2.05) is 11.9 Å². The molecule has 2 heterocycles. The van der Waals surface area contributed by atoms with Gasteiger partial charge in [-0.1, -0.05) is 0 Å². The topological polar surface area (TPSA) is 49.8 Å². The Balaban J connectivity index is 1.86. The first-order valence-corrected chi connectivity index (χ1v) is 5.54. The molecule has 0 saturated carbocycles. The number of nitrogens with zero attached hydrogens (tertiary/aromatic N) is 3. The van der Waals surface area contributed by atoms with Crippen LogP contribution in [0.4, 0.5) is 8.78 Å². The fourth-order valence-electron chi connectivity index (χ4n) is 1.58. The third-order valence-corrected chi connectivity index (χ3v) is 2.51. The van der Waals surface area contributed by atoms with Gasteiger partial charge in [-0.15, -0.1) is 0 Å². The summed E-state index contributed by atoms with van der Waals surface area (Å²) in [6.07, 6.45) is 1.28. The van der Waals surface area contributed by atoms with E-state index >= 15 is 0 Å². The summed E-state index contributed by atoms with van der Waals surface area (Å²) in [6, 6.07) is 3.11. The first-order chi connectivity index (χ1) is 8.65. The number of ether oxygens (including phenoxy) is 1. The van der Waals surface area contributed by atoms with Crippen LogP contribution in [0.1, 0.15) is 5.69 Å². The predicted octanol–water partition coefficient (Wildman–Crippen LogP) is 1.07. The van der Waals surface area contributed by atoms with E-state index in [0.717, 1.165) is 24.7 Å². The molecule has 0 bridgehead atoms. The van der Waals surface area contributed by atoms with Crippen LogP contribution >= 0.6 is 0 Å². The van der Waals surface area contributed by atoms with Gasteiger partial charge in [-0.05, 0) is 12.1 Å². The van der Waals surface area contributed by atoms with E-state index in [9.17, 15) is 8.78 Å². The molecule has 0 fully saturated rings. The number of aliphatic imine (C=N–C) groups is 1. The molecule has 0 aliphatic carbocycles. The van der Waals surface area contributed by atoms with E-state index in [1.54, 1.807) is 6.07 Å². The number of likely N-dealkylation sites (N-methyl/N-ethyl adjacent to an activating group) is 1. The van der Waals surface area contributed by atoms with Crippen molar-refractivity contribution in [3.05, 3.63) is 24.0 Å². The smallest absolute Gasteiger partial charge is 0.387 e. The van der Waals surface area contributed by atoms with Crippen LogP contribution in [0.15, 0.2) is 23.3 Å². The van der Waals surface area contributed by atoms with Crippen molar-refractivity contribution in [2.24, 2.45) is 4.99 Å². The number of nitrogens with one attached hydrogen (secondary N) is 1. The second-order valence-electron chi connectivity index (χ2n) is 3.84. The Labute approximate surface area is 103 Å². The van der Waals surface area contributed by atoms with Gasteiger partial charge in [-0.25, -0.2) is 0 Å². The number of alkyl halides is 2. The normalized spacial score (nSPS) is 14.9. The Hall–Kier alpha value is -1.92. The van der Waals surface area contributed by atoms with Crippen LogP contribution in [0.2, 0.25) is 0 Å². The minimum absolute atomic E-state index is 0.0593. The number of rotatable bonds is 4. The van der Waals surface area contributed by atoms with Gasteiger partial charge in [-0.3, -0.25) is 9.98 Å². The quantitative estimate of drug-likeness (QED) is 0.875. The molecule has 0 unspecified atom stereocenters. The molecule has 2 rings (SSSR count). The number of guanidine groups is 1. The highest BCUT2D eigenvalue weighted by atomic mass is 19.3. The van der Waals surface area contributed by atoms with E-state index in [0.29, 0.717) is 6.54 Å². The third kappa shape index (κ3) is 3.28. The van der Waals surface area contributed by atoms with Crippen molar-refractivity contribution in [3.8, 4) is 5.75 Å². The minimum atomic E-state index is -2.82. The number of hydrogen-bond donors (Lipinski definition) is 1. The van der Waals surface area contributed by atoms with E-state index in [-0.39, 0.29) is 5.75 Å². The molecule has 1 aromatic heterocycles. The van der Waals surface area contributed by atoms with Crippen molar-refractivity contribution in [1.82, 2.24) is 15.2 Å². The summed E-state index contributed by atoms with van der Waals surface area (Å²) in [7, 11) is 1.95. The number of hydrogen-bond acceptors (Lipinski definition) is 5. The summed E-state index contributed by atoms with van der Waals surface area (Å²) in [6.45, 7) is -0.639. The number of pyridine rings is 1. The average molecular weight is 256 g/mol. The van der Waals surface area contributed by atoms with Crippen molar-refractivity contribution in [1.29, 1.82) is 0 Å². The van der Waals surface area contributed by atoms with Crippen molar-refractivity contribution < 1.29 is 13.5 Å². The lowest BCUT2D eigenvalue weighted by Crippen LogP contribution is -2.35. The molecule has 0 spiro atoms. The largest absolute Gasteiger partial charge is 0.433 e. The SMILES string of the molecule is CN1CCN=C1NCc1ccc(OC(F)F)cn1. The molecule has 1 aliphatic heterocycles. The van der Waals surface area contributed by atoms with Gasteiger partial charge in [0.1, 0.15) is 5.75 Å². The van der Waals surface area contributed by atoms with Crippen molar-refractivity contribution in [3.63, 3.8) is 0 Å². The lowest BCUT2D eigenvalue weighted by Gasteiger charge is -2.14. The van der Waals surface area contributed by atoms with Crippen molar-refractivity contribution >= 4 is 5.96 Å². The lowest BCUT2D eigenvalue weighted by atomic mass is 10.3. The first kappa shape index (κ1) is 12.5. The highest BCUT2D eigenvalue weighted by Gasteiger charge is 2.11. The summed E-state index contributed by atoms with van der Waals surface area (Å²) in [5, 5.41) is 3.13. The van der Waals surface area contributed by atoms with Crippen LogP contribution in [0.5, 0.6) is 5.75 Å². The van der Waals surface area contributed by atoms with Crippen molar-refractivity contribution in [2.45, 2.75) is 13.2 Å². The Bertz CT molecular complexity index is 422. The molecular weight excluding hydrogens is 242 g/mol. The number of halogens is 2. The molecule has 0 radical (unpaired) electrons. The van der Waals surface area contributed by atoms with Gasteiger partial charge in [0.25, 0.3) is 0 Å². The fourth-order valence-corrected chi connectivity index (χ4v) is 1.58. The summed E-state index contributed by atoms with van der Waals surface area (Å²) >= 11 is 0. The van der Waals surface area contributed by atoms with Crippen LogP contribution in [0.3, 0.4) is 0 Å². The van der Waals surface area contributed by atoms with E-state index < -0.39 is 6.61 Å². The Morgan fingerprint density at radius 3 is 2.89 bits per heavy atom. The van der Waals surface area contributed by atoms with E-state index in [1.165, 1.54) is 12.3 Å². The summed E-state index contributed by atoms with van der Waals surface area (Å²) in [5.41, 5.74) is 0.736. The number of aromatic nitrogens is 1. The monoisotopic (exact) mass is 256 g/mol. The lowest BCUT2D eigenvalue weighted by molar-refractivity contribution is -0.0500. The van der Waals surface area contributed by atoms with Gasteiger partial charge in [0.05, 0.1) is 25.0 Å². The molecular formula is C11H14F2N4O. The molecule has 1 aromatic rings. The highest BCUT2D eigenvalue weighted by molar-refractivity contribution is 5.81. The molecule has 98 valence electrons. The molecule has 1 aliphatic rings. The van der Waals surface area contributed by atoms with Gasteiger partial charge >= 0.3 is 6.61 Å². The van der Waals surface area contributed by atoms with Crippen molar-refractivity contribution in [2.75, 3.05) is 20.1 Å². The van der Waals surface area contributed by atoms with Gasteiger partial charge in [0, 0.05) is 13.6 Å². The minimum Gasteiger partial charge on any atom is -0.433 e. The maximum absolute atomic E-state index is 11.9. The zero-order valence-electron chi connectivity index (χ0n) is 9.94. The standard InChI is InChI=1S/C11H14F2N4O/c1-17-5-4-14-11(17)16-6-8-2-3-9(7-15-8)18-10(12)13/h2-3,7,10H,4-6H2,1H3,(H,14,16). The van der Waals surface area contributed by atoms with Crippen LogP contribution in [-0.2, 0) is 6.54 Å². The molecule has 0 aromatic carbocycles. The molecule has 18 heavy (non-hydrogen) atoms. The molecule has 0 saturated heterocycles. The molecule has 7 heteroatoms. The second kappa shape index (κ2) is 5.61. The molecule has 0 atom stereocenters. The Morgan fingerprint density at radius 1 is 1.50 bits per heavy atom. The summed E-state index contributed by atoms with van der Waals surface area (Å²) < 4.78 is 28.1. The fraction of sp³-hybridized carbons (Fsp3) is 0.455. The van der Waals surface area contributed by atoms with E-state index in [4.69, 9.17) is 0 Å². The van der Waals surface area contributed by atoms with Gasteiger partial charge in [0.2, 0.25) is 0 Å². The Kier molecular flexibility index (Phi) is 3.91. The molecule has 0 amide bonds. The molecule has 5 nitrogen and oxygen atoms in total. The van der Waals surface area contributed by atoms with Gasteiger partial charge in [-0.2, -0.15) is 8.78 Å². The van der Waals surface area contributed by atoms with Gasteiger partial charge < -0.3 is 15.0 Å². The third-order valence-electron chi connectivity index (χ3n) is 2.51. The maximum Gasteiger partial charge on any atom is 0.387 e. The predicted molar refractivity (Wildman–Crippen MR) is 62.6 cm³/mol. The van der Waals surface area contributed by atoms with Crippen LogP contribution in [0, 0.1) is 0 Å². The zero-order valence-corrected chi connectivity index (χ0v) is 9.94. The summed E-state index contributed by atoms with van der Waals surface area (Å²) in [5.74, 6) is 0.883. The zero-order chi connectivity index (χ0) is 13.0. The van der Waals surface area contributed by atoms with E-state index in [2.05, 4.69) is 20.0 Å². The van der Waals surface area contributed by atoms with Crippen LogP contribution in [-0.4, -0.2) is 42.6 Å². The van der Waals surface area contributed by atoms with Crippen LogP contribution < -0.4 is 10.1 Å². The Morgan fingerprint density at radius 2 is 2.33 bits per heavy atom. The van der Waals surface area contributed by atoms with Gasteiger partial charge in [0.15, 0.2) is 5.96 Å². The second-order valence-corrected chi connectivity index (χ2v) is 3.84. The highest BCUT2D eigenvalue weighted by Crippen LogP contribution is 2.12. The summed E-state index contributed by atoms with van der Waals surface area (Å²) in [4.78, 5) is 10.3. The molecule has 1 N–H and O–H groups in total.